The predicted molar refractivity (Wildman–Crippen MR) is 80.0 cm³/mol. The number of hydrogen-bond acceptors (Lipinski definition) is 6. The lowest BCUT2D eigenvalue weighted by Crippen LogP contribution is -2.33. The fourth-order valence-electron chi connectivity index (χ4n) is 1.91. The van der Waals surface area contributed by atoms with Crippen molar-refractivity contribution in [2.24, 2.45) is 0 Å². The Morgan fingerprint density at radius 1 is 1.41 bits per heavy atom. The number of H-pyrrole nitrogens is 1. The van der Waals surface area contributed by atoms with E-state index in [-0.39, 0.29) is 13.2 Å². The van der Waals surface area contributed by atoms with Crippen LogP contribution >= 0.6 is 7.47 Å². The minimum absolute atomic E-state index is 0.0716. The summed E-state index contributed by atoms with van der Waals surface area (Å²) in [5, 5.41) is 0. The minimum atomic E-state index is -3.59. The zero-order valence-corrected chi connectivity index (χ0v) is 13.1. The monoisotopic (exact) mass is 326 g/mol. The van der Waals surface area contributed by atoms with E-state index in [0.29, 0.717) is 5.56 Å². The van der Waals surface area contributed by atoms with E-state index >= 15 is 0 Å². The summed E-state index contributed by atoms with van der Waals surface area (Å²) in [4.78, 5) is 25.3. The first-order valence-electron chi connectivity index (χ1n) is 6.66. The van der Waals surface area contributed by atoms with Crippen molar-refractivity contribution in [2.75, 3.05) is 13.2 Å². The highest BCUT2D eigenvalue weighted by atomic mass is 31.2. The minimum Gasteiger partial charge on any atom is -0.444 e. The van der Waals surface area contributed by atoms with Gasteiger partial charge in [-0.2, -0.15) is 0 Å². The van der Waals surface area contributed by atoms with Gasteiger partial charge < -0.3 is 25.9 Å². The summed E-state index contributed by atoms with van der Waals surface area (Å²) in [7, 11) is 1.76. The smallest absolute Gasteiger partial charge is 0.330 e. The van der Waals surface area contributed by atoms with Gasteiger partial charge in [-0.1, -0.05) is 6.08 Å². The van der Waals surface area contributed by atoms with Crippen LogP contribution in [0.2, 0.25) is 0 Å². The van der Waals surface area contributed by atoms with Crippen LogP contribution in [0.5, 0.6) is 0 Å². The number of rotatable bonds is 6. The molecule has 0 spiro atoms. The lowest BCUT2D eigenvalue weighted by atomic mass is 10.3. The molecule has 1 aromatic rings. The first-order chi connectivity index (χ1) is 10.3. The number of nitrogens with zero attached hydrogens (tertiary/aromatic N) is 1. The summed E-state index contributed by atoms with van der Waals surface area (Å²) in [5.74, 6) is 0. The predicted octanol–water partition coefficient (Wildman–Crippen LogP) is 0.628. The van der Waals surface area contributed by atoms with Crippen LogP contribution in [0, 0.1) is 6.92 Å². The molecule has 119 valence electrons. The van der Waals surface area contributed by atoms with Crippen molar-refractivity contribution >= 4 is 15.0 Å². The third-order valence-corrected chi connectivity index (χ3v) is 4.08. The van der Waals surface area contributed by atoms with E-state index < -0.39 is 31.1 Å². The highest BCUT2D eigenvalue weighted by Gasteiger charge is 2.22. The van der Waals surface area contributed by atoms with Crippen molar-refractivity contribution in [1.82, 2.24) is 9.55 Å². The van der Waals surface area contributed by atoms with E-state index in [9.17, 15) is 14.2 Å². The molecule has 3 atom stereocenters. The molecule has 1 aliphatic heterocycles. The number of nitrogens with one attached hydrogen (secondary N) is 1. The topological polar surface area (TPSA) is 99.6 Å². The summed E-state index contributed by atoms with van der Waals surface area (Å²) in [5.41, 5.74) is -0.631. The Balaban J connectivity index is 2.01. The van der Waals surface area contributed by atoms with Gasteiger partial charge in [0.05, 0.1) is 14.1 Å². The van der Waals surface area contributed by atoms with Gasteiger partial charge in [-0.25, -0.2) is 4.79 Å². The molecule has 1 N–H and O–H groups in total. The van der Waals surface area contributed by atoms with Gasteiger partial charge in [0.1, 0.15) is 6.10 Å². The molecule has 1 aliphatic rings. The van der Waals surface area contributed by atoms with Crippen LogP contribution in [0.15, 0.2) is 27.9 Å². The van der Waals surface area contributed by atoms with Crippen LogP contribution in [0.25, 0.3) is 0 Å². The maximum Gasteiger partial charge on any atom is 0.330 e. The number of aromatic nitrogens is 2. The SMILES string of the molecule is [B-]P(=O)(OCC)OC[C@@H]1C=C[C@H](n2cc(C)c(=O)[nH]c2=O)O1. The Hall–Kier alpha value is -1.41. The molecule has 0 amide bonds. The first-order valence-corrected chi connectivity index (χ1v) is 8.27. The van der Waals surface area contributed by atoms with Crippen LogP contribution < -0.4 is 11.2 Å². The zero-order valence-electron chi connectivity index (χ0n) is 12.2. The van der Waals surface area contributed by atoms with Crippen molar-refractivity contribution in [1.29, 1.82) is 0 Å². The van der Waals surface area contributed by atoms with Gasteiger partial charge in [-0.3, -0.25) is 14.3 Å². The fraction of sp³-hybridized carbons (Fsp3) is 0.500. The maximum absolute atomic E-state index is 11.8. The summed E-state index contributed by atoms with van der Waals surface area (Å²) in [6, 6.07) is 0. The van der Waals surface area contributed by atoms with E-state index in [1.165, 1.54) is 10.8 Å². The molecular formula is C12H16BN2O6P-. The van der Waals surface area contributed by atoms with Crippen molar-refractivity contribution < 1.29 is 18.3 Å². The third-order valence-electron chi connectivity index (χ3n) is 2.95. The van der Waals surface area contributed by atoms with E-state index in [2.05, 4.69) is 4.98 Å². The molecule has 2 rings (SSSR count). The Morgan fingerprint density at radius 3 is 2.82 bits per heavy atom. The third kappa shape index (κ3) is 4.07. The van der Waals surface area contributed by atoms with Crippen LogP contribution in [-0.2, 0) is 18.3 Å². The van der Waals surface area contributed by atoms with Crippen LogP contribution in [0.1, 0.15) is 18.7 Å². The second-order valence-corrected chi connectivity index (χ2v) is 6.28. The second-order valence-electron chi connectivity index (χ2n) is 4.68. The van der Waals surface area contributed by atoms with Gasteiger partial charge in [0.25, 0.3) is 5.56 Å². The Bertz CT molecular complexity index is 727. The molecule has 0 fully saturated rings. The van der Waals surface area contributed by atoms with Gasteiger partial charge in [-0.05, 0) is 19.9 Å². The normalized spacial score (nSPS) is 23.6. The summed E-state index contributed by atoms with van der Waals surface area (Å²) >= 11 is 0. The van der Waals surface area contributed by atoms with Crippen molar-refractivity contribution in [2.45, 2.75) is 26.2 Å². The zero-order chi connectivity index (χ0) is 16.3. The summed E-state index contributed by atoms with van der Waals surface area (Å²) < 4.78 is 28.2. The molecule has 0 saturated heterocycles. The largest absolute Gasteiger partial charge is 0.444 e. The molecule has 0 aliphatic carbocycles. The van der Waals surface area contributed by atoms with Crippen LogP contribution in [0.4, 0.5) is 0 Å². The van der Waals surface area contributed by atoms with E-state index in [1.807, 2.05) is 0 Å². The van der Waals surface area contributed by atoms with E-state index in [4.69, 9.17) is 21.4 Å². The van der Waals surface area contributed by atoms with Gasteiger partial charge in [-0.15, -0.1) is 0 Å². The van der Waals surface area contributed by atoms with Crippen molar-refractivity contribution in [3.05, 3.63) is 44.8 Å². The number of ether oxygens (including phenoxy) is 1. The van der Waals surface area contributed by atoms with E-state index in [1.54, 1.807) is 26.0 Å². The molecule has 8 nitrogen and oxygen atoms in total. The van der Waals surface area contributed by atoms with Crippen molar-refractivity contribution in [3.8, 4) is 0 Å². The molecule has 2 heterocycles. The lowest BCUT2D eigenvalue weighted by molar-refractivity contribution is -0.00727. The first kappa shape index (κ1) is 17.0. The molecule has 22 heavy (non-hydrogen) atoms. The van der Waals surface area contributed by atoms with E-state index in [0.717, 1.165) is 0 Å². The Morgan fingerprint density at radius 2 is 2.14 bits per heavy atom. The summed E-state index contributed by atoms with van der Waals surface area (Å²) in [6.45, 7) is 3.33. The second kappa shape index (κ2) is 6.79. The average molecular weight is 326 g/mol. The van der Waals surface area contributed by atoms with Gasteiger partial charge in [0.2, 0.25) is 0 Å². The molecule has 0 saturated carbocycles. The summed E-state index contributed by atoms with van der Waals surface area (Å²) in [6.07, 6.45) is 3.49. The van der Waals surface area contributed by atoms with Crippen LogP contribution in [-0.4, -0.2) is 36.4 Å². The Kier molecular flexibility index (Phi) is 5.23. The van der Waals surface area contributed by atoms with Crippen LogP contribution in [0.3, 0.4) is 0 Å². The molecular weight excluding hydrogens is 310 g/mol. The number of aromatic amines is 1. The maximum atomic E-state index is 11.8. The highest BCUT2D eigenvalue weighted by Crippen LogP contribution is 2.42. The Labute approximate surface area is 128 Å². The molecule has 3 radical (unpaired) electrons. The molecule has 1 aromatic heterocycles. The molecule has 1 unspecified atom stereocenters. The standard InChI is InChI=1S/C12H16BN2O6P/c1-3-19-22(13,18)20-7-9-4-5-10(21-9)15-6-8(2)11(16)14-12(15)17/h4-6,9-10H,3,7H2,1-2H3,(H,14,16,17)/q-1/t9-,10+,22?/m0/s1. The van der Waals surface area contributed by atoms with Gasteiger partial charge in [0.15, 0.2) is 6.23 Å². The lowest BCUT2D eigenvalue weighted by Gasteiger charge is -2.27. The van der Waals surface area contributed by atoms with Crippen molar-refractivity contribution in [3.63, 3.8) is 0 Å². The number of aryl methyl sites for hydroxylation is 1. The number of hydrogen-bond donors (Lipinski definition) is 1. The molecule has 0 bridgehead atoms. The molecule has 0 aromatic carbocycles. The fourth-order valence-corrected chi connectivity index (χ4v) is 2.70. The molecule has 10 heteroatoms. The quantitative estimate of drug-likeness (QED) is 0.468. The average Bonchev–Trinajstić information content (AvgIpc) is 2.89. The highest BCUT2D eigenvalue weighted by molar-refractivity contribution is 7.79. The van der Waals surface area contributed by atoms with Gasteiger partial charge >= 0.3 is 5.69 Å². The van der Waals surface area contributed by atoms with Gasteiger partial charge in [0, 0.05) is 18.4 Å².